The number of aromatic nitrogens is 2. The molecule has 0 N–H and O–H groups in total. The molecule has 3 rings (SSSR count). The van der Waals surface area contributed by atoms with Gasteiger partial charge in [-0.25, -0.2) is 0 Å². The van der Waals surface area contributed by atoms with Gasteiger partial charge in [0, 0.05) is 6.07 Å². The van der Waals surface area contributed by atoms with E-state index in [0.29, 0.717) is 41.1 Å². The minimum atomic E-state index is 0.0755. The molecule has 0 fully saturated rings. The lowest BCUT2D eigenvalue weighted by molar-refractivity contribution is 0.233. The number of hydrogen-bond donors (Lipinski definition) is 0. The van der Waals surface area contributed by atoms with E-state index in [4.69, 9.17) is 24.0 Å². The number of nitrogens with zero attached hydrogens (tertiary/aromatic N) is 3. The number of methoxy groups -OCH3 is 1. The second-order valence-electron chi connectivity index (χ2n) is 5.21. The highest BCUT2D eigenvalue weighted by molar-refractivity contribution is 5.63. The molecule has 2 aromatic carbocycles. The molecule has 0 atom stereocenters. The van der Waals surface area contributed by atoms with Gasteiger partial charge in [-0.1, -0.05) is 17.3 Å². The fourth-order valence-corrected chi connectivity index (χ4v) is 2.35. The van der Waals surface area contributed by atoms with Gasteiger partial charge < -0.3 is 18.7 Å². The molecule has 0 spiro atoms. The van der Waals surface area contributed by atoms with Crippen LogP contribution < -0.4 is 14.2 Å². The van der Waals surface area contributed by atoms with Crippen LogP contribution in [-0.4, -0.2) is 23.9 Å². The zero-order valence-electron chi connectivity index (χ0n) is 14.4. The van der Waals surface area contributed by atoms with Crippen molar-refractivity contribution in [1.29, 1.82) is 5.26 Å². The number of benzene rings is 2. The molecular formula is C19H17N3O4. The zero-order valence-corrected chi connectivity index (χ0v) is 14.4. The number of hydrogen-bond acceptors (Lipinski definition) is 7. The van der Waals surface area contributed by atoms with Crippen LogP contribution in [0.2, 0.25) is 0 Å². The Kier molecular flexibility index (Phi) is 5.34. The molecule has 0 saturated heterocycles. The summed E-state index contributed by atoms with van der Waals surface area (Å²) in [7, 11) is 1.51. The molecule has 0 aliphatic carbocycles. The van der Waals surface area contributed by atoms with E-state index in [2.05, 4.69) is 16.2 Å². The molecule has 7 heteroatoms. The Hall–Kier alpha value is -3.53. The van der Waals surface area contributed by atoms with Crippen LogP contribution in [0.15, 0.2) is 47.0 Å². The van der Waals surface area contributed by atoms with Crippen LogP contribution >= 0.6 is 0 Å². The molecule has 3 aromatic rings. The first-order chi connectivity index (χ1) is 12.7. The Bertz CT molecular complexity index is 931. The van der Waals surface area contributed by atoms with Crippen LogP contribution in [0.1, 0.15) is 18.4 Å². The van der Waals surface area contributed by atoms with E-state index in [1.165, 1.54) is 7.11 Å². The van der Waals surface area contributed by atoms with Gasteiger partial charge in [-0.05, 0) is 31.2 Å². The second kappa shape index (κ2) is 8.03. The van der Waals surface area contributed by atoms with Gasteiger partial charge in [0.2, 0.25) is 5.82 Å². The van der Waals surface area contributed by atoms with E-state index in [1.807, 2.05) is 31.2 Å². The molecule has 26 heavy (non-hydrogen) atoms. The Morgan fingerprint density at radius 1 is 1.08 bits per heavy atom. The molecule has 7 nitrogen and oxygen atoms in total. The van der Waals surface area contributed by atoms with E-state index >= 15 is 0 Å². The SMILES string of the molecule is CCOc1ccccc1-c1noc(COc2ccc(C#N)cc2OC)n1. The first-order valence-corrected chi connectivity index (χ1v) is 8.01. The van der Waals surface area contributed by atoms with Crippen molar-refractivity contribution in [2.45, 2.75) is 13.5 Å². The van der Waals surface area contributed by atoms with Crippen LogP contribution in [0.25, 0.3) is 11.4 Å². The molecule has 0 saturated carbocycles. The van der Waals surface area contributed by atoms with Gasteiger partial charge in [-0.15, -0.1) is 0 Å². The van der Waals surface area contributed by atoms with Gasteiger partial charge in [-0.3, -0.25) is 0 Å². The highest BCUT2D eigenvalue weighted by Crippen LogP contribution is 2.30. The smallest absolute Gasteiger partial charge is 0.264 e. The molecular weight excluding hydrogens is 334 g/mol. The minimum absolute atomic E-state index is 0.0755. The van der Waals surface area contributed by atoms with E-state index in [0.717, 1.165) is 5.56 Å². The maximum Gasteiger partial charge on any atom is 0.264 e. The summed E-state index contributed by atoms with van der Waals surface area (Å²) in [5, 5.41) is 12.9. The molecule has 132 valence electrons. The molecule has 0 bridgehead atoms. The lowest BCUT2D eigenvalue weighted by Gasteiger charge is -2.08. The normalized spacial score (nSPS) is 10.2. The summed E-state index contributed by atoms with van der Waals surface area (Å²) in [4.78, 5) is 4.35. The van der Waals surface area contributed by atoms with Crippen molar-refractivity contribution < 1.29 is 18.7 Å². The van der Waals surface area contributed by atoms with Crippen molar-refractivity contribution in [2.75, 3.05) is 13.7 Å². The van der Waals surface area contributed by atoms with Crippen molar-refractivity contribution >= 4 is 0 Å². The number of rotatable bonds is 7. The average Bonchev–Trinajstić information content (AvgIpc) is 3.15. The van der Waals surface area contributed by atoms with Crippen LogP contribution in [0.5, 0.6) is 17.2 Å². The summed E-state index contributed by atoms with van der Waals surface area (Å²) < 4.78 is 21.8. The lowest BCUT2D eigenvalue weighted by Crippen LogP contribution is -1.98. The molecule has 1 aromatic heterocycles. The topological polar surface area (TPSA) is 90.4 Å². The third-order valence-electron chi connectivity index (χ3n) is 3.54. The van der Waals surface area contributed by atoms with Crippen LogP contribution in [0.4, 0.5) is 0 Å². The zero-order chi connectivity index (χ0) is 18.4. The van der Waals surface area contributed by atoms with Crippen LogP contribution in [0.3, 0.4) is 0 Å². The quantitative estimate of drug-likeness (QED) is 0.642. The van der Waals surface area contributed by atoms with E-state index in [9.17, 15) is 0 Å². The van der Waals surface area contributed by atoms with Gasteiger partial charge in [0.15, 0.2) is 18.1 Å². The summed E-state index contributed by atoms with van der Waals surface area (Å²) in [5.74, 6) is 2.39. The predicted octanol–water partition coefficient (Wildman–Crippen LogP) is 3.59. The summed E-state index contributed by atoms with van der Waals surface area (Å²) in [6.45, 7) is 2.53. The third kappa shape index (κ3) is 3.75. The lowest BCUT2D eigenvalue weighted by atomic mass is 10.2. The summed E-state index contributed by atoms with van der Waals surface area (Å²) >= 11 is 0. The maximum absolute atomic E-state index is 8.94. The van der Waals surface area contributed by atoms with E-state index in [1.54, 1.807) is 18.2 Å². The molecule has 0 radical (unpaired) electrons. The highest BCUT2D eigenvalue weighted by atomic mass is 16.5. The van der Waals surface area contributed by atoms with Gasteiger partial charge in [0.25, 0.3) is 5.89 Å². The predicted molar refractivity (Wildman–Crippen MR) is 92.9 cm³/mol. The first-order valence-electron chi connectivity index (χ1n) is 8.01. The summed E-state index contributed by atoms with van der Waals surface area (Å²) in [6, 6.07) is 14.5. The summed E-state index contributed by atoms with van der Waals surface area (Å²) in [5.41, 5.74) is 1.24. The number of ether oxygens (including phenoxy) is 3. The Labute approximate surface area is 150 Å². The standard InChI is InChI=1S/C19H17N3O4/c1-3-24-15-7-5-4-6-14(15)19-21-18(26-22-19)12-25-16-9-8-13(11-20)10-17(16)23-2/h4-10H,3,12H2,1-2H3. The van der Waals surface area contributed by atoms with Crippen molar-refractivity contribution in [2.24, 2.45) is 0 Å². The third-order valence-corrected chi connectivity index (χ3v) is 3.54. The van der Waals surface area contributed by atoms with E-state index in [-0.39, 0.29) is 6.61 Å². The van der Waals surface area contributed by atoms with Gasteiger partial charge >= 0.3 is 0 Å². The van der Waals surface area contributed by atoms with E-state index < -0.39 is 0 Å². The van der Waals surface area contributed by atoms with Crippen molar-refractivity contribution in [3.63, 3.8) is 0 Å². The average molecular weight is 351 g/mol. The molecule has 1 heterocycles. The summed E-state index contributed by atoms with van der Waals surface area (Å²) in [6.07, 6.45) is 0. The van der Waals surface area contributed by atoms with Crippen molar-refractivity contribution in [1.82, 2.24) is 10.1 Å². The fraction of sp³-hybridized carbons (Fsp3) is 0.211. The van der Waals surface area contributed by atoms with Crippen LogP contribution in [-0.2, 0) is 6.61 Å². The Morgan fingerprint density at radius 3 is 2.69 bits per heavy atom. The first kappa shape index (κ1) is 17.3. The van der Waals surface area contributed by atoms with Gasteiger partial charge in [0.1, 0.15) is 5.75 Å². The second-order valence-corrected chi connectivity index (χ2v) is 5.21. The Balaban J connectivity index is 1.75. The van der Waals surface area contributed by atoms with Crippen molar-refractivity contribution in [3.8, 4) is 34.7 Å². The monoisotopic (exact) mass is 351 g/mol. The molecule has 0 unspecified atom stereocenters. The molecule has 0 aliphatic heterocycles. The van der Waals surface area contributed by atoms with Crippen molar-refractivity contribution in [3.05, 3.63) is 53.9 Å². The Morgan fingerprint density at radius 2 is 1.92 bits per heavy atom. The number of nitriles is 1. The fourth-order valence-electron chi connectivity index (χ4n) is 2.35. The van der Waals surface area contributed by atoms with Crippen LogP contribution in [0, 0.1) is 11.3 Å². The minimum Gasteiger partial charge on any atom is -0.493 e. The number of para-hydroxylation sites is 1. The maximum atomic E-state index is 8.94. The van der Waals surface area contributed by atoms with Gasteiger partial charge in [0.05, 0.1) is 30.9 Å². The molecule has 0 amide bonds. The van der Waals surface area contributed by atoms with Gasteiger partial charge in [-0.2, -0.15) is 10.2 Å². The molecule has 0 aliphatic rings. The highest BCUT2D eigenvalue weighted by Gasteiger charge is 2.14. The largest absolute Gasteiger partial charge is 0.493 e.